The SMILES string of the molecule is CC(C)CN(Cc1cccn1Cc1cccc(F)c1)C(=O)Nc1cccc(C(F)(F)F)c1. The zero-order valence-corrected chi connectivity index (χ0v) is 17.9. The Morgan fingerprint density at radius 1 is 1.06 bits per heavy atom. The largest absolute Gasteiger partial charge is 0.416 e. The molecule has 8 heteroatoms. The summed E-state index contributed by atoms with van der Waals surface area (Å²) < 4.78 is 54.4. The molecule has 32 heavy (non-hydrogen) atoms. The predicted molar refractivity (Wildman–Crippen MR) is 116 cm³/mol. The van der Waals surface area contributed by atoms with Gasteiger partial charge < -0.3 is 14.8 Å². The Bertz CT molecular complexity index is 1060. The van der Waals surface area contributed by atoms with E-state index in [1.165, 1.54) is 24.3 Å². The van der Waals surface area contributed by atoms with Gasteiger partial charge >= 0.3 is 12.2 Å². The molecule has 0 bridgehead atoms. The number of urea groups is 1. The molecule has 2 aromatic carbocycles. The molecule has 1 aromatic heterocycles. The zero-order valence-electron chi connectivity index (χ0n) is 17.9. The molecule has 1 heterocycles. The van der Waals surface area contributed by atoms with Gasteiger partial charge in [-0.1, -0.05) is 32.0 Å². The molecule has 4 nitrogen and oxygen atoms in total. The van der Waals surface area contributed by atoms with Gasteiger partial charge in [0, 0.05) is 30.7 Å². The molecule has 0 aliphatic carbocycles. The number of rotatable bonds is 7. The van der Waals surface area contributed by atoms with Crippen LogP contribution in [-0.2, 0) is 19.3 Å². The van der Waals surface area contributed by atoms with Crippen molar-refractivity contribution >= 4 is 11.7 Å². The number of hydrogen-bond donors (Lipinski definition) is 1. The summed E-state index contributed by atoms with van der Waals surface area (Å²) >= 11 is 0. The van der Waals surface area contributed by atoms with Crippen molar-refractivity contribution < 1.29 is 22.4 Å². The van der Waals surface area contributed by atoms with Crippen LogP contribution in [-0.4, -0.2) is 22.0 Å². The first-order valence-electron chi connectivity index (χ1n) is 10.2. The van der Waals surface area contributed by atoms with Crippen molar-refractivity contribution in [3.8, 4) is 0 Å². The van der Waals surface area contributed by atoms with Gasteiger partial charge in [-0.25, -0.2) is 9.18 Å². The summed E-state index contributed by atoms with van der Waals surface area (Å²) in [6.45, 7) is 5.01. The van der Waals surface area contributed by atoms with Gasteiger partial charge in [-0.15, -0.1) is 0 Å². The summed E-state index contributed by atoms with van der Waals surface area (Å²) in [7, 11) is 0. The van der Waals surface area contributed by atoms with E-state index in [0.29, 0.717) is 13.1 Å². The molecule has 0 fully saturated rings. The van der Waals surface area contributed by atoms with Crippen LogP contribution in [0.25, 0.3) is 0 Å². The molecule has 0 aliphatic rings. The average Bonchev–Trinajstić information content (AvgIpc) is 3.13. The number of carbonyl (C=O) groups excluding carboxylic acids is 1. The summed E-state index contributed by atoms with van der Waals surface area (Å²) in [6, 6.07) is 14.1. The Hall–Kier alpha value is -3.29. The van der Waals surface area contributed by atoms with E-state index in [1.807, 2.05) is 42.8 Å². The third kappa shape index (κ3) is 6.35. The second kappa shape index (κ2) is 9.89. The number of anilines is 1. The molecular formula is C24H25F4N3O. The van der Waals surface area contributed by atoms with Crippen molar-refractivity contribution in [1.82, 2.24) is 9.47 Å². The lowest BCUT2D eigenvalue weighted by atomic mass is 10.2. The van der Waals surface area contributed by atoms with Gasteiger partial charge in [-0.3, -0.25) is 0 Å². The Kier molecular flexibility index (Phi) is 7.22. The van der Waals surface area contributed by atoms with Crippen LogP contribution in [0.15, 0.2) is 66.9 Å². The number of aromatic nitrogens is 1. The van der Waals surface area contributed by atoms with E-state index in [0.717, 1.165) is 23.4 Å². The second-order valence-corrected chi connectivity index (χ2v) is 8.04. The van der Waals surface area contributed by atoms with Crippen molar-refractivity contribution in [2.75, 3.05) is 11.9 Å². The van der Waals surface area contributed by atoms with Crippen molar-refractivity contribution in [2.45, 2.75) is 33.1 Å². The summed E-state index contributed by atoms with van der Waals surface area (Å²) in [5.41, 5.74) is 0.865. The van der Waals surface area contributed by atoms with Crippen LogP contribution in [0, 0.1) is 11.7 Å². The number of carbonyl (C=O) groups is 1. The number of nitrogens with one attached hydrogen (secondary N) is 1. The van der Waals surface area contributed by atoms with Gasteiger partial charge in [-0.05, 0) is 53.9 Å². The summed E-state index contributed by atoms with van der Waals surface area (Å²) in [4.78, 5) is 14.5. The fraction of sp³-hybridized carbons (Fsp3) is 0.292. The monoisotopic (exact) mass is 447 g/mol. The first-order chi connectivity index (χ1) is 15.1. The Balaban J connectivity index is 1.76. The quantitative estimate of drug-likeness (QED) is 0.419. The highest BCUT2D eigenvalue weighted by atomic mass is 19.4. The van der Waals surface area contributed by atoms with Crippen LogP contribution >= 0.6 is 0 Å². The Morgan fingerprint density at radius 3 is 2.50 bits per heavy atom. The number of halogens is 4. The molecule has 0 atom stereocenters. The zero-order chi connectivity index (χ0) is 23.3. The average molecular weight is 447 g/mol. The van der Waals surface area contributed by atoms with Gasteiger partial charge in [0.25, 0.3) is 0 Å². The Morgan fingerprint density at radius 2 is 1.81 bits per heavy atom. The minimum Gasteiger partial charge on any atom is -0.345 e. The van der Waals surface area contributed by atoms with Crippen LogP contribution in [0.3, 0.4) is 0 Å². The third-order valence-electron chi connectivity index (χ3n) is 4.83. The van der Waals surface area contributed by atoms with E-state index in [1.54, 1.807) is 11.0 Å². The van der Waals surface area contributed by atoms with Crippen LogP contribution in [0.5, 0.6) is 0 Å². The number of hydrogen-bond acceptors (Lipinski definition) is 1. The van der Waals surface area contributed by atoms with Crippen LogP contribution in [0.4, 0.5) is 28.0 Å². The summed E-state index contributed by atoms with van der Waals surface area (Å²) in [6.07, 6.45) is -2.64. The van der Waals surface area contributed by atoms with Crippen molar-refractivity contribution in [1.29, 1.82) is 0 Å². The first kappa shape index (κ1) is 23.4. The van der Waals surface area contributed by atoms with E-state index >= 15 is 0 Å². The molecule has 2 amide bonds. The van der Waals surface area contributed by atoms with E-state index < -0.39 is 17.8 Å². The highest BCUT2D eigenvalue weighted by Crippen LogP contribution is 2.30. The molecule has 0 saturated carbocycles. The number of alkyl halides is 3. The standard InChI is InChI=1S/C24H25F4N3O/c1-17(2)14-31(23(32)29-21-9-4-7-19(13-21)24(26,27)28)16-22-10-5-11-30(22)15-18-6-3-8-20(25)12-18/h3-13,17H,14-16H2,1-2H3,(H,29,32). The minimum atomic E-state index is -4.49. The van der Waals surface area contributed by atoms with Gasteiger partial charge in [0.1, 0.15) is 5.82 Å². The molecule has 0 saturated heterocycles. The molecule has 0 spiro atoms. The number of benzene rings is 2. The smallest absolute Gasteiger partial charge is 0.345 e. The summed E-state index contributed by atoms with van der Waals surface area (Å²) in [5, 5.41) is 2.58. The lowest BCUT2D eigenvalue weighted by Gasteiger charge is -2.26. The molecule has 0 unspecified atom stereocenters. The maximum Gasteiger partial charge on any atom is 0.416 e. The van der Waals surface area contributed by atoms with Crippen LogP contribution in [0.1, 0.15) is 30.7 Å². The van der Waals surface area contributed by atoms with Crippen molar-refractivity contribution in [3.05, 3.63) is 89.5 Å². The van der Waals surface area contributed by atoms with Crippen molar-refractivity contribution in [2.24, 2.45) is 5.92 Å². The molecule has 0 aliphatic heterocycles. The lowest BCUT2D eigenvalue weighted by Crippen LogP contribution is -2.37. The second-order valence-electron chi connectivity index (χ2n) is 8.04. The summed E-state index contributed by atoms with van der Waals surface area (Å²) in [5.74, 6) is -0.174. The van der Waals surface area contributed by atoms with Crippen LogP contribution < -0.4 is 5.32 Å². The molecule has 3 aromatic rings. The van der Waals surface area contributed by atoms with Gasteiger partial charge in [0.2, 0.25) is 0 Å². The maximum atomic E-state index is 13.5. The molecule has 170 valence electrons. The fourth-order valence-corrected chi connectivity index (χ4v) is 3.41. The fourth-order valence-electron chi connectivity index (χ4n) is 3.41. The van der Waals surface area contributed by atoms with E-state index in [4.69, 9.17) is 0 Å². The van der Waals surface area contributed by atoms with E-state index in [2.05, 4.69) is 5.32 Å². The third-order valence-corrected chi connectivity index (χ3v) is 4.83. The van der Waals surface area contributed by atoms with Gasteiger partial charge in [0.15, 0.2) is 0 Å². The number of nitrogens with zero attached hydrogens (tertiary/aromatic N) is 2. The van der Waals surface area contributed by atoms with Crippen LogP contribution in [0.2, 0.25) is 0 Å². The Labute approximate surface area is 184 Å². The van der Waals surface area contributed by atoms with Gasteiger partial charge in [-0.2, -0.15) is 13.2 Å². The highest BCUT2D eigenvalue weighted by Gasteiger charge is 2.30. The minimum absolute atomic E-state index is 0.0775. The van der Waals surface area contributed by atoms with E-state index in [9.17, 15) is 22.4 Å². The molecule has 1 N–H and O–H groups in total. The number of amides is 2. The normalized spacial score (nSPS) is 11.6. The predicted octanol–water partition coefficient (Wildman–Crippen LogP) is 6.38. The molecule has 0 radical (unpaired) electrons. The van der Waals surface area contributed by atoms with Crippen molar-refractivity contribution in [3.63, 3.8) is 0 Å². The lowest BCUT2D eigenvalue weighted by molar-refractivity contribution is -0.137. The molecule has 3 rings (SSSR count). The topological polar surface area (TPSA) is 37.3 Å². The van der Waals surface area contributed by atoms with Gasteiger partial charge in [0.05, 0.1) is 12.1 Å². The molecular weight excluding hydrogens is 422 g/mol. The first-order valence-corrected chi connectivity index (χ1v) is 10.2. The highest BCUT2D eigenvalue weighted by molar-refractivity contribution is 5.89. The van der Waals surface area contributed by atoms with E-state index in [-0.39, 0.29) is 24.0 Å². The maximum absolute atomic E-state index is 13.5.